The van der Waals surface area contributed by atoms with Crippen LogP contribution in [0.1, 0.15) is 6.92 Å². The van der Waals surface area contributed by atoms with Gasteiger partial charge in [-0.2, -0.15) is 0 Å². The van der Waals surface area contributed by atoms with Crippen LogP contribution in [0, 0.1) is 0 Å². The first-order valence-corrected chi connectivity index (χ1v) is 25.5. The van der Waals surface area contributed by atoms with Gasteiger partial charge in [0, 0.05) is 13.5 Å². The van der Waals surface area contributed by atoms with E-state index in [4.69, 9.17) is 62.4 Å². The number of aliphatic hydroxyl groups excluding tert-OH is 18. The van der Waals surface area contributed by atoms with E-state index in [-0.39, 0.29) is 6.54 Å². The topological polar surface area (TPSA) is 577 Å². The normalized spacial score (nSPS) is 48.7. The Bertz CT molecular complexity index is 1870. The third-order valence-corrected chi connectivity index (χ3v) is 14.4. The molecule has 0 radical (unpaired) electrons. The molecule has 0 aliphatic carbocycles. The largest absolute Gasteiger partial charge is 0.472 e. The summed E-state index contributed by atoms with van der Waals surface area (Å²) in [5.41, 5.74) is 5.28. The highest BCUT2D eigenvalue weighted by Crippen LogP contribution is 2.44. The van der Waals surface area contributed by atoms with Gasteiger partial charge in [0.2, 0.25) is 5.91 Å². The Hall–Kier alpha value is -1.62. The molecule has 37 heteroatoms. The van der Waals surface area contributed by atoms with E-state index in [1.165, 1.54) is 0 Å². The van der Waals surface area contributed by atoms with Gasteiger partial charge < -0.3 is 160 Å². The van der Waals surface area contributed by atoms with Gasteiger partial charge >= 0.3 is 7.82 Å². The van der Waals surface area contributed by atoms with Gasteiger partial charge in [-0.3, -0.25) is 13.8 Å². The molecule has 0 bridgehead atoms. The Labute approximate surface area is 435 Å². The molecule has 1 amide bonds. The number of phosphoric ester groups is 1. The van der Waals surface area contributed by atoms with Crippen molar-refractivity contribution in [3.05, 3.63) is 0 Å². The van der Waals surface area contributed by atoms with Crippen molar-refractivity contribution in [3.63, 3.8) is 0 Å². The highest BCUT2D eigenvalue weighted by atomic mass is 31.2. The summed E-state index contributed by atoms with van der Waals surface area (Å²) in [6.45, 7) is -5.33. The first-order chi connectivity index (χ1) is 36.3. The summed E-state index contributed by atoms with van der Waals surface area (Å²) in [5.74, 6) is -0.779. The van der Waals surface area contributed by atoms with E-state index in [1.54, 1.807) is 0 Å². The lowest BCUT2D eigenvalue weighted by molar-refractivity contribution is -0.387. The summed E-state index contributed by atoms with van der Waals surface area (Å²) >= 11 is 0. The zero-order valence-electron chi connectivity index (χ0n) is 40.6. The fraction of sp³-hybridized carbons (Fsp3) is 0.975. The van der Waals surface area contributed by atoms with Crippen molar-refractivity contribution in [1.29, 1.82) is 0 Å². The molecular formula is C40H71N2O34P. The smallest absolute Gasteiger partial charge is 0.394 e. The number of nitrogens with two attached hydrogens (primary N) is 1. The fourth-order valence-corrected chi connectivity index (χ4v) is 9.79. The van der Waals surface area contributed by atoms with Crippen LogP contribution in [0.3, 0.4) is 0 Å². The van der Waals surface area contributed by atoms with Crippen LogP contribution in [-0.4, -0.2) is 340 Å². The first kappa shape index (κ1) is 64.5. The second kappa shape index (κ2) is 28.1. The summed E-state index contributed by atoms with van der Waals surface area (Å²) in [6.07, 6.45) is -57.7. The summed E-state index contributed by atoms with van der Waals surface area (Å²) in [5, 5.41) is 196. The van der Waals surface area contributed by atoms with Crippen molar-refractivity contribution < 1.29 is 167 Å². The fourth-order valence-electron chi connectivity index (χ4n) is 9.04. The third kappa shape index (κ3) is 15.0. The second-order valence-corrected chi connectivity index (χ2v) is 20.2. The molecule has 77 heavy (non-hydrogen) atoms. The van der Waals surface area contributed by atoms with Crippen LogP contribution in [0.5, 0.6) is 0 Å². The van der Waals surface area contributed by atoms with E-state index < -0.39 is 244 Å². The number of hydrogen-bond acceptors (Lipinski definition) is 34. The van der Waals surface area contributed by atoms with E-state index in [9.17, 15) is 106 Å². The molecule has 6 rings (SSSR count). The predicted octanol–water partition coefficient (Wildman–Crippen LogP) is -13.9. The second-order valence-electron chi connectivity index (χ2n) is 18.8. The van der Waals surface area contributed by atoms with Crippen LogP contribution in [0.15, 0.2) is 0 Å². The van der Waals surface area contributed by atoms with E-state index in [1.807, 2.05) is 0 Å². The van der Waals surface area contributed by atoms with Crippen LogP contribution in [-0.2, 0) is 70.5 Å². The highest BCUT2D eigenvalue weighted by molar-refractivity contribution is 7.47. The standard InChI is InChI=1S/C40H71N2O34P/c1-10(46)42-17-23(52)32(13(6-45)68-35(17)61)74-39-31(60)33(75-37-29(58)25(54)20(49)14(71-37)7-64-36-28(57)24(53)18(47)11(4-43)69-36)22(51)15(72-39)8-65-40-34(27(56)19(48)12(5-44)70-40)76-38-30(59)26(55)21(50)16(73-38)9-67-77(62,63)66-3-2-41/h11-40,43-45,47-61H,2-9,41H2,1H3,(H,42,46)(H,62,63)/t11-,12-,13-,14-,15-,16-,17-,18+,19-,20+,21-,22-,23-,24+,25+,26+,27+,28-,29-,30+,31+,32-,33+,34+,35+,36+,37-,38-,39-,40+/m1/s1. The van der Waals surface area contributed by atoms with Gasteiger partial charge in [-0.1, -0.05) is 0 Å². The van der Waals surface area contributed by atoms with Crippen molar-refractivity contribution in [1.82, 2.24) is 5.32 Å². The molecule has 0 spiro atoms. The zero-order chi connectivity index (χ0) is 57.0. The molecule has 36 nitrogen and oxygen atoms in total. The van der Waals surface area contributed by atoms with Crippen molar-refractivity contribution in [2.24, 2.45) is 5.73 Å². The van der Waals surface area contributed by atoms with Gasteiger partial charge in [-0.15, -0.1) is 0 Å². The Morgan fingerprint density at radius 1 is 0.455 bits per heavy atom. The monoisotopic (exact) mass is 1150 g/mol. The maximum atomic E-state index is 12.3. The minimum Gasteiger partial charge on any atom is -0.394 e. The van der Waals surface area contributed by atoms with Crippen molar-refractivity contribution in [2.75, 3.05) is 52.8 Å². The summed E-state index contributed by atoms with van der Waals surface area (Å²) < 4.78 is 83.9. The molecule has 450 valence electrons. The highest BCUT2D eigenvalue weighted by Gasteiger charge is 2.56. The molecular weight excluding hydrogens is 1080 g/mol. The van der Waals surface area contributed by atoms with Crippen LogP contribution in [0.2, 0.25) is 0 Å². The first-order valence-electron chi connectivity index (χ1n) is 24.0. The van der Waals surface area contributed by atoms with E-state index in [2.05, 4.69) is 9.84 Å². The van der Waals surface area contributed by atoms with E-state index >= 15 is 0 Å². The summed E-state index contributed by atoms with van der Waals surface area (Å²) in [7, 11) is -4.83. The number of amides is 1. The van der Waals surface area contributed by atoms with E-state index in [0.29, 0.717) is 0 Å². The molecule has 0 aromatic heterocycles. The number of nitrogens with one attached hydrogen (secondary N) is 1. The predicted molar refractivity (Wildman–Crippen MR) is 234 cm³/mol. The molecule has 6 fully saturated rings. The Morgan fingerprint density at radius 3 is 1.39 bits per heavy atom. The quantitative estimate of drug-likeness (QED) is 0.0448. The van der Waals surface area contributed by atoms with Crippen molar-refractivity contribution in [2.45, 2.75) is 191 Å². The third-order valence-electron chi connectivity index (χ3n) is 13.4. The van der Waals surface area contributed by atoms with Gasteiger partial charge in [0.15, 0.2) is 37.7 Å². The van der Waals surface area contributed by atoms with Gasteiger partial charge in [0.25, 0.3) is 0 Å². The van der Waals surface area contributed by atoms with Gasteiger partial charge in [0.1, 0.15) is 146 Å². The van der Waals surface area contributed by atoms with Crippen LogP contribution in [0.4, 0.5) is 0 Å². The Kier molecular flexibility index (Phi) is 23.6. The maximum Gasteiger partial charge on any atom is 0.472 e. The summed E-state index contributed by atoms with van der Waals surface area (Å²) in [4.78, 5) is 22.0. The van der Waals surface area contributed by atoms with Gasteiger partial charge in [-0.25, -0.2) is 4.57 Å². The average molecular weight is 1150 g/mol. The average Bonchev–Trinajstić information content (AvgIpc) is 3.39. The molecule has 22 N–H and O–H groups in total. The number of hydrogen-bond donors (Lipinski definition) is 21. The molecule has 6 aliphatic rings. The number of carbonyl (C=O) groups is 1. The molecule has 1 unspecified atom stereocenters. The Morgan fingerprint density at radius 2 is 0.870 bits per heavy atom. The van der Waals surface area contributed by atoms with Gasteiger partial charge in [-0.05, 0) is 0 Å². The van der Waals surface area contributed by atoms with Crippen molar-refractivity contribution in [3.8, 4) is 0 Å². The number of phosphoric acid groups is 1. The minimum atomic E-state index is -4.83. The lowest BCUT2D eigenvalue weighted by atomic mass is 9.95. The minimum absolute atomic E-state index is 0.196. The molecule has 6 heterocycles. The van der Waals surface area contributed by atoms with Gasteiger partial charge in [0.05, 0.1) is 46.2 Å². The molecule has 6 saturated heterocycles. The maximum absolute atomic E-state index is 12.3. The molecule has 0 aromatic carbocycles. The molecule has 0 aromatic rings. The molecule has 0 saturated carbocycles. The number of ether oxygens (including phenoxy) is 11. The molecule has 6 aliphatic heterocycles. The van der Waals surface area contributed by atoms with Crippen LogP contribution >= 0.6 is 7.82 Å². The molecule has 31 atom stereocenters. The lowest BCUT2D eigenvalue weighted by Gasteiger charge is -2.49. The number of carbonyl (C=O) groups excluding carboxylic acids is 1. The van der Waals surface area contributed by atoms with Crippen LogP contribution < -0.4 is 11.1 Å². The SMILES string of the molecule is CC(=O)N[C@@H]1[C@@H](O)[C@H](O[C@H]2O[C@H](CO[C@H]3O[C@H](CO)[C@@H](O)[C@H](O)[C@@H]3O[C@H]3O[C@H](COP(=O)(O)OCCN)[C@@H](O)[C@H](O)[C@@H]3O)[C@@H](O)[C@H](O[C@H]3O[C@H](CO[C@H]4O[C@H](CO)[C@H](O)[C@H](O)[C@H]4O)[C@H](O)[C@H](O)[C@H]3O)[C@@H]2O)[C@@H](CO)O[C@@H]1O. The van der Waals surface area contributed by atoms with Crippen LogP contribution in [0.25, 0.3) is 0 Å². The lowest BCUT2D eigenvalue weighted by Crippen LogP contribution is -2.68. The van der Waals surface area contributed by atoms with Crippen molar-refractivity contribution >= 4 is 13.7 Å². The van der Waals surface area contributed by atoms with E-state index in [0.717, 1.165) is 6.92 Å². The Balaban J connectivity index is 1.25. The number of aliphatic hydroxyl groups is 18. The summed E-state index contributed by atoms with van der Waals surface area (Å²) in [6, 6.07) is -1.65. The number of rotatable bonds is 22. The zero-order valence-corrected chi connectivity index (χ0v) is 41.5.